The van der Waals surface area contributed by atoms with E-state index in [2.05, 4.69) is 5.32 Å². The van der Waals surface area contributed by atoms with Crippen LogP contribution in [0.15, 0.2) is 103 Å². The molecule has 5 heteroatoms. The van der Waals surface area contributed by atoms with Crippen molar-refractivity contribution in [2.75, 3.05) is 6.54 Å². The minimum Gasteiger partial charge on any atom is -0.480 e. The van der Waals surface area contributed by atoms with E-state index in [1.807, 2.05) is 122 Å². The van der Waals surface area contributed by atoms with Crippen LogP contribution in [0.25, 0.3) is 10.8 Å². The summed E-state index contributed by atoms with van der Waals surface area (Å²) in [6.07, 6.45) is 0.914. The Morgan fingerprint density at radius 3 is 2.03 bits per heavy atom. The Bertz CT molecular complexity index is 1320. The van der Waals surface area contributed by atoms with Gasteiger partial charge in [0, 0.05) is 12.6 Å². The van der Waals surface area contributed by atoms with E-state index in [1.165, 1.54) is 0 Å². The van der Waals surface area contributed by atoms with Gasteiger partial charge in [0.15, 0.2) is 0 Å². The summed E-state index contributed by atoms with van der Waals surface area (Å²) in [4.78, 5) is 28.6. The lowest BCUT2D eigenvalue weighted by Gasteiger charge is -2.36. The van der Waals surface area contributed by atoms with Crippen molar-refractivity contribution in [2.45, 2.75) is 44.8 Å². The summed E-state index contributed by atoms with van der Waals surface area (Å²) in [5, 5.41) is 15.5. The fraction of sp³-hybridized carbons (Fsp3) is 0.250. The average molecular weight is 495 g/mol. The molecule has 4 aromatic rings. The summed E-state index contributed by atoms with van der Waals surface area (Å²) in [6.45, 7) is 4.25. The Labute approximate surface area is 218 Å². The van der Waals surface area contributed by atoms with Gasteiger partial charge in [0.2, 0.25) is 5.91 Å². The molecule has 1 amide bonds. The number of carboxylic acids is 1. The maximum absolute atomic E-state index is 13.9. The van der Waals surface area contributed by atoms with E-state index in [0.29, 0.717) is 19.4 Å². The second-order valence-electron chi connectivity index (χ2n) is 9.65. The predicted molar refractivity (Wildman–Crippen MR) is 148 cm³/mol. The van der Waals surface area contributed by atoms with Crippen LogP contribution in [0.3, 0.4) is 0 Å². The van der Waals surface area contributed by atoms with Gasteiger partial charge in [0.05, 0.1) is 0 Å². The second kappa shape index (κ2) is 12.3. The van der Waals surface area contributed by atoms with Gasteiger partial charge in [-0.15, -0.1) is 0 Å². The van der Waals surface area contributed by atoms with Crippen LogP contribution in [0, 0.1) is 0 Å². The normalized spacial score (nSPS) is 13.0. The molecule has 0 fully saturated rings. The molecule has 190 valence electrons. The Balaban J connectivity index is 1.84. The molecular weight excluding hydrogens is 460 g/mol. The van der Waals surface area contributed by atoms with E-state index in [0.717, 1.165) is 27.5 Å². The van der Waals surface area contributed by atoms with E-state index >= 15 is 0 Å². The predicted octanol–water partition coefficient (Wildman–Crippen LogP) is 5.65. The number of fused-ring (bicyclic) bond motifs is 1. The van der Waals surface area contributed by atoms with Gasteiger partial charge in [-0.05, 0) is 54.2 Å². The molecule has 0 aliphatic rings. The first-order chi connectivity index (χ1) is 17.9. The van der Waals surface area contributed by atoms with Gasteiger partial charge in [0.1, 0.15) is 12.1 Å². The zero-order valence-electron chi connectivity index (χ0n) is 21.4. The summed E-state index contributed by atoms with van der Waals surface area (Å²) in [5.74, 6) is -1.14. The lowest BCUT2D eigenvalue weighted by molar-refractivity contribution is -0.146. The Hall–Kier alpha value is -3.96. The fourth-order valence-corrected chi connectivity index (χ4v) is 4.87. The summed E-state index contributed by atoms with van der Waals surface area (Å²) >= 11 is 0. The number of hydrogen-bond donors (Lipinski definition) is 2. The van der Waals surface area contributed by atoms with Crippen molar-refractivity contribution in [3.8, 4) is 0 Å². The van der Waals surface area contributed by atoms with Gasteiger partial charge in [-0.25, -0.2) is 0 Å². The van der Waals surface area contributed by atoms with Crippen LogP contribution in [-0.2, 0) is 22.4 Å². The highest BCUT2D eigenvalue weighted by Gasteiger charge is 2.37. The lowest BCUT2D eigenvalue weighted by Crippen LogP contribution is -2.51. The third-order valence-corrected chi connectivity index (χ3v) is 6.59. The van der Waals surface area contributed by atoms with Gasteiger partial charge in [-0.1, -0.05) is 103 Å². The molecule has 0 saturated carbocycles. The van der Waals surface area contributed by atoms with E-state index in [1.54, 1.807) is 0 Å². The molecular formula is C32H34N2O3. The van der Waals surface area contributed by atoms with E-state index in [4.69, 9.17) is 0 Å². The van der Waals surface area contributed by atoms with Crippen molar-refractivity contribution in [2.24, 2.45) is 0 Å². The number of aliphatic carboxylic acids is 1. The van der Waals surface area contributed by atoms with Crippen LogP contribution in [0.1, 0.15) is 36.6 Å². The molecule has 0 saturated heterocycles. The Morgan fingerprint density at radius 1 is 0.784 bits per heavy atom. The van der Waals surface area contributed by atoms with E-state index in [-0.39, 0.29) is 11.9 Å². The number of hydrogen-bond acceptors (Lipinski definition) is 3. The Morgan fingerprint density at radius 2 is 1.38 bits per heavy atom. The number of nitrogens with one attached hydrogen (secondary N) is 1. The van der Waals surface area contributed by atoms with Crippen LogP contribution >= 0.6 is 0 Å². The van der Waals surface area contributed by atoms with Crippen molar-refractivity contribution >= 4 is 22.6 Å². The lowest BCUT2D eigenvalue weighted by atomic mass is 9.93. The third-order valence-electron chi connectivity index (χ3n) is 6.59. The highest BCUT2D eigenvalue weighted by atomic mass is 16.4. The van der Waals surface area contributed by atoms with Crippen LogP contribution in [0.4, 0.5) is 0 Å². The zero-order chi connectivity index (χ0) is 26.2. The van der Waals surface area contributed by atoms with Crippen LogP contribution < -0.4 is 5.32 Å². The Kier molecular flexibility index (Phi) is 8.70. The van der Waals surface area contributed by atoms with Crippen LogP contribution in [0.2, 0.25) is 0 Å². The summed E-state index contributed by atoms with van der Waals surface area (Å²) in [5.41, 5.74) is 2.82. The van der Waals surface area contributed by atoms with Gasteiger partial charge in [0.25, 0.3) is 0 Å². The molecule has 37 heavy (non-hydrogen) atoms. The molecule has 2 N–H and O–H groups in total. The largest absolute Gasteiger partial charge is 0.480 e. The monoisotopic (exact) mass is 494 g/mol. The van der Waals surface area contributed by atoms with E-state index < -0.39 is 18.1 Å². The van der Waals surface area contributed by atoms with Crippen molar-refractivity contribution in [3.63, 3.8) is 0 Å². The molecule has 1 unspecified atom stereocenters. The number of carboxylic acid groups (broad SMARTS) is 1. The number of carbonyl (C=O) groups excluding carboxylic acids is 1. The van der Waals surface area contributed by atoms with Crippen LogP contribution in [0.5, 0.6) is 0 Å². The van der Waals surface area contributed by atoms with Crippen molar-refractivity contribution < 1.29 is 14.7 Å². The molecule has 0 aromatic heterocycles. The maximum Gasteiger partial charge on any atom is 0.321 e. The average Bonchev–Trinajstić information content (AvgIpc) is 2.90. The summed E-state index contributed by atoms with van der Waals surface area (Å²) < 4.78 is 0. The maximum atomic E-state index is 13.9. The van der Waals surface area contributed by atoms with Crippen molar-refractivity contribution in [1.29, 1.82) is 0 Å². The van der Waals surface area contributed by atoms with Gasteiger partial charge in [-0.2, -0.15) is 0 Å². The molecule has 2 atom stereocenters. The SMILES string of the molecule is CC(C)NC(=O)C(c1cccc2ccccc12)N(CCc1ccccc1)[C@@H](Cc1ccccc1)C(=O)O. The molecule has 0 heterocycles. The number of benzene rings is 4. The second-order valence-corrected chi connectivity index (χ2v) is 9.65. The smallest absolute Gasteiger partial charge is 0.321 e. The fourth-order valence-electron chi connectivity index (χ4n) is 4.87. The summed E-state index contributed by atoms with van der Waals surface area (Å²) in [6, 6.07) is 31.7. The number of rotatable bonds is 11. The molecule has 4 aromatic carbocycles. The first kappa shape index (κ1) is 26.1. The molecule has 0 radical (unpaired) electrons. The van der Waals surface area contributed by atoms with Gasteiger partial charge >= 0.3 is 5.97 Å². The van der Waals surface area contributed by atoms with Gasteiger partial charge in [-0.3, -0.25) is 14.5 Å². The number of carbonyl (C=O) groups is 2. The highest BCUT2D eigenvalue weighted by molar-refractivity contribution is 5.93. The zero-order valence-corrected chi connectivity index (χ0v) is 21.4. The van der Waals surface area contributed by atoms with Crippen molar-refractivity contribution in [1.82, 2.24) is 10.2 Å². The standard InChI is InChI=1S/C32H34N2O3/c1-23(2)33-31(35)30(28-19-11-17-26-16-9-10-18-27(26)28)34(21-20-24-12-5-3-6-13-24)29(32(36)37)22-25-14-7-4-8-15-25/h3-19,23,29-30H,20-22H2,1-2H3,(H,33,35)(H,36,37)/t29-,30?/m0/s1. The van der Waals surface area contributed by atoms with Crippen LogP contribution in [-0.4, -0.2) is 40.5 Å². The molecule has 0 spiro atoms. The first-order valence-electron chi connectivity index (χ1n) is 12.8. The minimum absolute atomic E-state index is 0.0849. The number of nitrogens with zero attached hydrogens (tertiary/aromatic N) is 1. The topological polar surface area (TPSA) is 69.6 Å². The molecule has 0 bridgehead atoms. The van der Waals surface area contributed by atoms with E-state index in [9.17, 15) is 14.7 Å². The first-order valence-corrected chi connectivity index (χ1v) is 12.8. The summed E-state index contributed by atoms with van der Waals surface area (Å²) in [7, 11) is 0. The minimum atomic E-state index is -0.945. The third kappa shape index (κ3) is 6.63. The quantitative estimate of drug-likeness (QED) is 0.283. The molecule has 5 nitrogen and oxygen atoms in total. The molecule has 4 rings (SSSR count). The highest BCUT2D eigenvalue weighted by Crippen LogP contribution is 2.31. The van der Waals surface area contributed by atoms with Gasteiger partial charge < -0.3 is 10.4 Å². The van der Waals surface area contributed by atoms with Crippen molar-refractivity contribution in [3.05, 3.63) is 120 Å². The number of amides is 1. The molecule has 0 aliphatic carbocycles. The molecule has 0 aliphatic heterocycles.